The van der Waals surface area contributed by atoms with Gasteiger partial charge >= 0.3 is 113 Å². The summed E-state index contributed by atoms with van der Waals surface area (Å²) >= 11 is 0. The summed E-state index contributed by atoms with van der Waals surface area (Å²) in [5, 5.41) is 5.62. The van der Waals surface area contributed by atoms with Gasteiger partial charge in [0.1, 0.15) is 36.6 Å². The Morgan fingerprint density at radius 2 is 0.702 bits per heavy atom. The van der Waals surface area contributed by atoms with Crippen molar-refractivity contribution in [3.8, 4) is 0 Å². The second-order valence-corrected chi connectivity index (χ2v) is 30.3. The van der Waals surface area contributed by atoms with Gasteiger partial charge in [0.25, 0.3) is 0 Å². The van der Waals surface area contributed by atoms with Crippen molar-refractivity contribution in [2.24, 2.45) is 5.41 Å². The van der Waals surface area contributed by atoms with E-state index in [1.165, 1.54) is 13.8 Å². The molecule has 0 spiro atoms. The molecule has 2 heterocycles. The maximum Gasteiger partial charge on any atom is 1.00 e. The average molecular weight is 1540 g/mol. The summed E-state index contributed by atoms with van der Waals surface area (Å²) in [4.78, 5) is 57.9. The van der Waals surface area contributed by atoms with Crippen LogP contribution in [0.4, 0.5) is 0 Å². The number of ether oxygens (including phenoxy) is 4. The smallest absolute Gasteiger partial charge is 0.352 e. The number of carbonyl (C=O) groups is 4. The molecule has 2 aliphatic heterocycles. The Balaban J connectivity index is 0.0000230. The van der Waals surface area contributed by atoms with Crippen LogP contribution in [0, 0.1) is 5.41 Å². The molecule has 53 heteroatoms. The molecule has 94 heavy (non-hydrogen) atoms. The Bertz CT molecular complexity index is 3260. The van der Waals surface area contributed by atoms with Crippen LogP contribution in [0.15, 0.2) is 0 Å². The van der Waals surface area contributed by atoms with Crippen LogP contribution in [0.5, 0.6) is 0 Å². The van der Waals surface area contributed by atoms with Crippen molar-refractivity contribution < 1.29 is 205 Å². The summed E-state index contributed by atoms with van der Waals surface area (Å²) in [6, 6.07) is -0.635. The molecular weight excluding hydrogens is 1470 g/mol. The molecular formula is C41H72N4NaO40S8+. The number of hydrogen-bond donors (Lipinski definition) is 10. The van der Waals surface area contributed by atoms with Crippen LogP contribution >= 0.6 is 0 Å². The second kappa shape index (κ2) is 36.3. The van der Waals surface area contributed by atoms with Crippen molar-refractivity contribution in [3.05, 3.63) is 0 Å². The number of nitrogens with zero attached hydrogens (tertiary/aromatic N) is 2. The Morgan fingerprint density at radius 1 is 0.426 bits per heavy atom. The molecule has 0 aromatic heterocycles. The van der Waals surface area contributed by atoms with E-state index in [1.807, 2.05) is 0 Å². The molecule has 0 radical (unpaired) electrons. The van der Waals surface area contributed by atoms with Gasteiger partial charge in [0.15, 0.2) is 24.8 Å². The van der Waals surface area contributed by atoms with E-state index in [2.05, 4.69) is 44.1 Å². The number of rotatable bonds is 38. The fraction of sp³-hybridized carbons (Fsp3) is 0.902. The Morgan fingerprint density at radius 3 is 0.979 bits per heavy atom. The molecule has 2 saturated carbocycles. The van der Waals surface area contributed by atoms with E-state index in [4.69, 9.17) is 18.9 Å². The van der Waals surface area contributed by atoms with Gasteiger partial charge in [0.05, 0.1) is 39.5 Å². The van der Waals surface area contributed by atoms with E-state index in [0.717, 1.165) is 48.3 Å². The molecule has 4 aliphatic rings. The molecule has 0 aromatic carbocycles. The molecule has 544 valence electrons. The zero-order valence-corrected chi connectivity index (χ0v) is 58.3. The van der Waals surface area contributed by atoms with Crippen LogP contribution in [0.3, 0.4) is 0 Å². The van der Waals surface area contributed by atoms with Crippen molar-refractivity contribution in [2.45, 2.75) is 177 Å². The Hall–Kier alpha value is -2.32. The minimum absolute atomic E-state index is 0. The number of hydrogen-bond acceptors (Lipinski definition) is 32. The fourth-order valence-electron chi connectivity index (χ4n) is 10.1. The van der Waals surface area contributed by atoms with Crippen molar-refractivity contribution >= 4 is 107 Å². The molecule has 4 fully saturated rings. The summed E-state index contributed by atoms with van der Waals surface area (Å²) in [5.74, 6) is -3.10. The normalized spacial score (nSPS) is 25.2. The first kappa shape index (κ1) is 85.9. The largest absolute Gasteiger partial charge is 1.00 e. The van der Waals surface area contributed by atoms with Crippen LogP contribution in [0.25, 0.3) is 0 Å². The topological polar surface area (TPSA) is 645 Å². The number of amides is 4. The average Bonchev–Trinajstić information content (AvgIpc) is 0.782. The Labute approximate surface area is 563 Å². The predicted molar refractivity (Wildman–Crippen MR) is 298 cm³/mol. The third-order valence-corrected chi connectivity index (χ3v) is 17.3. The standard InChI is InChI=1S/C41H72N4O40S8.Na/c1-41(2,19-31(48)44(21-29(46)42-25-11-5-3-6-12-25)15-9-17-74-39-37(84-92(68,69)70)35(82-90(62,63)64)33(80-88(56,57)58)27(78-39)23-76-86(50,51)52)20-32(49)45(22-30(47)43-26-13-7-4-8-14-26)16-10-18-75-40-38(85-93(71,72)73)36(83-91(65,66)67)34(81-89(59,60)61)28(79-40)24-77-87(53,54)55;/h25-28,33-40H,3-24H2,1-2H3,(H,42,46)(H,43,47)(H,50,51,52)(H,53,54,55)(H,56,57,58)(H,59,60,61)(H,62,63,64)(H,65,66,67)(H,68,69,70)(H,71,72,73);/q;+1/t27-,28-,33-,34-,35+,36+,37+,38+,39+,40+;/m1./s1. The maximum atomic E-state index is 14.4. The first-order chi connectivity index (χ1) is 42.4. The quantitative estimate of drug-likeness (QED) is 0.0156. The van der Waals surface area contributed by atoms with Crippen LogP contribution < -0.4 is 40.2 Å². The third-order valence-electron chi connectivity index (χ3n) is 13.6. The van der Waals surface area contributed by atoms with Gasteiger partial charge in [-0.25, -0.2) is 33.5 Å². The Kier molecular flexibility index (Phi) is 33.2. The molecule has 2 saturated heterocycles. The molecule has 0 aromatic rings. The van der Waals surface area contributed by atoms with Gasteiger partial charge in [0, 0.05) is 38.0 Å². The van der Waals surface area contributed by atoms with E-state index in [1.54, 1.807) is 0 Å². The summed E-state index contributed by atoms with van der Waals surface area (Å²) in [6.07, 6.45) is -21.9. The van der Waals surface area contributed by atoms with Crippen molar-refractivity contribution in [1.29, 1.82) is 0 Å². The zero-order chi connectivity index (χ0) is 70.3. The predicted octanol–water partition coefficient (Wildman–Crippen LogP) is -6.62. The zero-order valence-electron chi connectivity index (χ0n) is 49.8. The molecule has 0 bridgehead atoms. The number of carbonyl (C=O) groups excluding carboxylic acids is 4. The SMILES string of the molecule is CC(C)(CC(=O)N(CCCO[C@H]1O[C@H](COS(=O)(=O)O)[C@@H](OS(=O)(=O)O)[C@H](OS(=O)(=O)O)[C@@H]1OS(=O)(=O)O)CC(=O)NC1CCCCC1)CC(=O)N(CCCO[C@H]1O[C@H](COS(=O)(=O)O)[C@@H](OS(=O)(=O)O)[C@H](OS(=O)(=O)O)[C@@H]1OS(=O)(=O)O)CC(=O)NC1CCCCC1.[Na+]. The van der Waals surface area contributed by atoms with Gasteiger partial charge in [-0.15, -0.1) is 0 Å². The van der Waals surface area contributed by atoms with E-state index in [9.17, 15) is 123 Å². The van der Waals surface area contributed by atoms with E-state index in [0.29, 0.717) is 25.7 Å². The third kappa shape index (κ3) is 34.2. The summed E-state index contributed by atoms with van der Waals surface area (Å²) in [6.45, 7) is -4.36. The van der Waals surface area contributed by atoms with Crippen molar-refractivity contribution in [1.82, 2.24) is 20.4 Å². The summed E-state index contributed by atoms with van der Waals surface area (Å²) in [7, 11) is -46.1. The van der Waals surface area contributed by atoms with Gasteiger partial charge in [-0.3, -0.25) is 55.6 Å². The summed E-state index contributed by atoms with van der Waals surface area (Å²) < 4.78 is 321. The maximum absolute atomic E-state index is 14.4. The van der Waals surface area contributed by atoms with Crippen LogP contribution in [-0.2, 0) is 155 Å². The fourth-order valence-corrected chi connectivity index (χ4v) is 13.7. The first-order valence-electron chi connectivity index (χ1n) is 27.3. The minimum atomic E-state index is -5.89. The van der Waals surface area contributed by atoms with Crippen LogP contribution in [-0.4, -0.2) is 263 Å². The molecule has 4 rings (SSSR count). The molecule has 10 atom stereocenters. The van der Waals surface area contributed by atoms with E-state index in [-0.39, 0.29) is 41.6 Å². The molecule has 44 nitrogen and oxygen atoms in total. The van der Waals surface area contributed by atoms with Crippen LogP contribution in [0.2, 0.25) is 0 Å². The van der Waals surface area contributed by atoms with Gasteiger partial charge < -0.3 is 39.4 Å². The molecule has 0 unspecified atom stereocenters. The van der Waals surface area contributed by atoms with E-state index < -0.39 is 252 Å². The second-order valence-electron chi connectivity index (χ2n) is 21.8. The van der Waals surface area contributed by atoms with Gasteiger partial charge in [-0.1, -0.05) is 52.4 Å². The summed E-state index contributed by atoms with van der Waals surface area (Å²) in [5.41, 5.74) is -1.44. The molecule has 2 aliphatic carbocycles. The van der Waals surface area contributed by atoms with Crippen molar-refractivity contribution in [3.63, 3.8) is 0 Å². The first-order valence-corrected chi connectivity index (χ1v) is 38.2. The molecule has 4 amide bonds. The van der Waals surface area contributed by atoms with Gasteiger partial charge in [-0.2, -0.15) is 67.3 Å². The number of nitrogens with one attached hydrogen (secondary N) is 2. The van der Waals surface area contributed by atoms with Crippen LogP contribution in [0.1, 0.15) is 104 Å². The van der Waals surface area contributed by atoms with Gasteiger partial charge in [0.2, 0.25) is 23.6 Å². The monoisotopic (exact) mass is 1540 g/mol. The minimum Gasteiger partial charge on any atom is -0.352 e. The molecule has 10 N–H and O–H groups in total. The van der Waals surface area contributed by atoms with E-state index >= 15 is 0 Å². The van der Waals surface area contributed by atoms with Crippen molar-refractivity contribution in [2.75, 3.05) is 52.6 Å². The van der Waals surface area contributed by atoms with Gasteiger partial charge in [-0.05, 0) is 43.9 Å².